The monoisotopic (exact) mass is 165 g/mol. The summed E-state index contributed by atoms with van der Waals surface area (Å²) in [5.74, 6) is 0. The first-order valence-electron chi connectivity index (χ1n) is 3.77. The van der Waals surface area contributed by atoms with Gasteiger partial charge >= 0.3 is 0 Å². The highest BCUT2D eigenvalue weighted by atomic mass is 16.1. The molecule has 0 saturated carbocycles. The Labute approximate surface area is 73.7 Å². The van der Waals surface area contributed by atoms with Gasteiger partial charge in [0.25, 0.3) is 0 Å². The Kier molecular flexibility index (Phi) is 4.77. The minimum absolute atomic E-state index is 0.520. The molecule has 2 heteroatoms. The number of hydrogen-bond donors (Lipinski definition) is 1. The Morgan fingerprint density at radius 3 is 2.33 bits per heavy atom. The van der Waals surface area contributed by atoms with Crippen molar-refractivity contribution in [3.63, 3.8) is 0 Å². The van der Waals surface area contributed by atoms with Crippen molar-refractivity contribution in [2.24, 2.45) is 0 Å². The Morgan fingerprint density at radius 2 is 2.00 bits per heavy atom. The number of carbonyl (C=O) groups is 1. The summed E-state index contributed by atoms with van der Waals surface area (Å²) in [6.45, 7) is 11.9. The van der Waals surface area contributed by atoms with Gasteiger partial charge in [-0.05, 0) is 19.4 Å². The fourth-order valence-electron chi connectivity index (χ4n) is 0.774. The van der Waals surface area contributed by atoms with Crippen LogP contribution in [0.3, 0.4) is 0 Å². The zero-order valence-corrected chi connectivity index (χ0v) is 7.68. The van der Waals surface area contributed by atoms with Gasteiger partial charge < -0.3 is 5.32 Å². The largest absolute Gasteiger partial charge is 0.355 e. The molecule has 0 aromatic heterocycles. The molecule has 0 rings (SSSR count). The third-order valence-corrected chi connectivity index (χ3v) is 1.34. The Morgan fingerprint density at radius 1 is 1.42 bits per heavy atom. The van der Waals surface area contributed by atoms with Crippen molar-refractivity contribution >= 4 is 6.41 Å². The van der Waals surface area contributed by atoms with Crippen LogP contribution in [0.1, 0.15) is 13.8 Å². The zero-order valence-electron chi connectivity index (χ0n) is 7.68. The molecule has 0 bridgehead atoms. The molecule has 1 amide bonds. The lowest BCUT2D eigenvalue weighted by molar-refractivity contribution is -0.109. The van der Waals surface area contributed by atoms with Crippen LogP contribution in [0.2, 0.25) is 0 Å². The predicted octanol–water partition coefficient (Wildman–Crippen LogP) is 1.81. The Balaban J connectivity index is 4.32. The summed E-state index contributed by atoms with van der Waals surface area (Å²) < 4.78 is 0. The summed E-state index contributed by atoms with van der Waals surface area (Å²) in [5.41, 5.74) is 2.92. The fraction of sp³-hybridized carbons (Fsp3) is 0.300. The molecule has 0 aliphatic rings. The molecular weight excluding hydrogens is 150 g/mol. The van der Waals surface area contributed by atoms with Gasteiger partial charge in [0, 0.05) is 6.54 Å². The van der Waals surface area contributed by atoms with Crippen molar-refractivity contribution < 1.29 is 4.79 Å². The molecule has 12 heavy (non-hydrogen) atoms. The van der Waals surface area contributed by atoms with Crippen LogP contribution in [-0.2, 0) is 4.79 Å². The summed E-state index contributed by atoms with van der Waals surface area (Å²) >= 11 is 0. The lowest BCUT2D eigenvalue weighted by Gasteiger charge is -2.05. The van der Waals surface area contributed by atoms with Crippen LogP contribution in [0, 0.1) is 0 Å². The van der Waals surface area contributed by atoms with E-state index < -0.39 is 0 Å². The van der Waals surface area contributed by atoms with E-state index in [0.29, 0.717) is 13.0 Å². The lowest BCUT2D eigenvalue weighted by Crippen LogP contribution is -2.14. The van der Waals surface area contributed by atoms with E-state index in [9.17, 15) is 4.79 Å². The molecule has 0 aliphatic carbocycles. The van der Waals surface area contributed by atoms with Gasteiger partial charge in [0.05, 0.1) is 0 Å². The van der Waals surface area contributed by atoms with E-state index in [2.05, 4.69) is 18.5 Å². The summed E-state index contributed by atoms with van der Waals surface area (Å²) in [4.78, 5) is 10.0. The second-order valence-electron chi connectivity index (χ2n) is 2.80. The smallest absolute Gasteiger partial charge is 0.207 e. The average molecular weight is 165 g/mol. The third-order valence-electron chi connectivity index (χ3n) is 1.34. The molecule has 0 spiro atoms. The molecule has 0 aliphatic heterocycles. The molecule has 0 radical (unpaired) electrons. The highest BCUT2D eigenvalue weighted by molar-refractivity contribution is 5.48. The second kappa shape index (κ2) is 5.35. The predicted molar refractivity (Wildman–Crippen MR) is 51.8 cm³/mol. The highest BCUT2D eigenvalue weighted by Crippen LogP contribution is 2.07. The average Bonchev–Trinajstić information content (AvgIpc) is 1.96. The molecule has 0 fully saturated rings. The fourth-order valence-corrected chi connectivity index (χ4v) is 0.774. The van der Waals surface area contributed by atoms with Gasteiger partial charge in [-0.2, -0.15) is 0 Å². The van der Waals surface area contributed by atoms with E-state index in [1.165, 1.54) is 0 Å². The molecule has 0 aromatic rings. The van der Waals surface area contributed by atoms with Crippen LogP contribution in [0.15, 0.2) is 36.0 Å². The van der Waals surface area contributed by atoms with E-state index in [4.69, 9.17) is 0 Å². The molecule has 0 heterocycles. The molecular formula is C10H15NO. The molecule has 0 aromatic carbocycles. The number of rotatable bonds is 5. The van der Waals surface area contributed by atoms with E-state index in [1.54, 1.807) is 0 Å². The number of carbonyl (C=O) groups excluding carboxylic acids is 1. The van der Waals surface area contributed by atoms with E-state index >= 15 is 0 Å². The topological polar surface area (TPSA) is 29.1 Å². The maximum atomic E-state index is 10.0. The van der Waals surface area contributed by atoms with E-state index in [-0.39, 0.29) is 0 Å². The first-order chi connectivity index (χ1) is 5.57. The SMILES string of the molecule is C=C(C)/C=C(/CNC=O)C(=C)C. The van der Waals surface area contributed by atoms with Crippen LogP contribution in [0.25, 0.3) is 0 Å². The maximum Gasteiger partial charge on any atom is 0.207 e. The van der Waals surface area contributed by atoms with Crippen molar-refractivity contribution in [2.75, 3.05) is 6.54 Å². The van der Waals surface area contributed by atoms with Gasteiger partial charge in [0.2, 0.25) is 6.41 Å². The van der Waals surface area contributed by atoms with Gasteiger partial charge in [-0.15, -0.1) is 0 Å². The van der Waals surface area contributed by atoms with Crippen molar-refractivity contribution in [3.8, 4) is 0 Å². The number of amides is 1. The zero-order chi connectivity index (χ0) is 9.56. The van der Waals surface area contributed by atoms with Gasteiger partial charge in [0.15, 0.2) is 0 Å². The molecule has 0 atom stereocenters. The minimum atomic E-state index is 0.520. The van der Waals surface area contributed by atoms with Gasteiger partial charge in [-0.25, -0.2) is 0 Å². The summed E-state index contributed by atoms with van der Waals surface area (Å²) in [5, 5.41) is 2.58. The van der Waals surface area contributed by atoms with Crippen molar-refractivity contribution in [1.82, 2.24) is 5.32 Å². The Bertz CT molecular complexity index is 226. The minimum Gasteiger partial charge on any atom is -0.355 e. The standard InChI is InChI=1S/C10H15NO/c1-8(2)5-10(9(3)4)6-11-7-12/h5,7H,1,3,6H2,2,4H3,(H,11,12)/b10-5-. The van der Waals surface area contributed by atoms with Gasteiger partial charge in [0.1, 0.15) is 0 Å². The molecule has 2 nitrogen and oxygen atoms in total. The number of nitrogens with one attached hydrogen (secondary N) is 1. The maximum absolute atomic E-state index is 10.0. The summed E-state index contributed by atoms with van der Waals surface area (Å²) in [6, 6.07) is 0. The lowest BCUT2D eigenvalue weighted by atomic mass is 10.1. The molecule has 1 N–H and O–H groups in total. The molecule has 0 saturated heterocycles. The normalized spacial score (nSPS) is 10.7. The van der Waals surface area contributed by atoms with Crippen molar-refractivity contribution in [2.45, 2.75) is 13.8 Å². The van der Waals surface area contributed by atoms with Crippen LogP contribution >= 0.6 is 0 Å². The quantitative estimate of drug-likeness (QED) is 0.488. The van der Waals surface area contributed by atoms with E-state index in [0.717, 1.165) is 16.7 Å². The first kappa shape index (κ1) is 10.7. The number of hydrogen-bond acceptors (Lipinski definition) is 1. The van der Waals surface area contributed by atoms with E-state index in [1.807, 2.05) is 19.9 Å². The van der Waals surface area contributed by atoms with Crippen LogP contribution in [0.5, 0.6) is 0 Å². The van der Waals surface area contributed by atoms with Crippen molar-refractivity contribution in [1.29, 1.82) is 0 Å². The van der Waals surface area contributed by atoms with Crippen LogP contribution in [0.4, 0.5) is 0 Å². The molecule has 0 unspecified atom stereocenters. The first-order valence-corrected chi connectivity index (χ1v) is 3.77. The second-order valence-corrected chi connectivity index (χ2v) is 2.80. The number of allylic oxidation sites excluding steroid dienone is 2. The Hall–Kier alpha value is -1.31. The summed E-state index contributed by atoms with van der Waals surface area (Å²) in [7, 11) is 0. The van der Waals surface area contributed by atoms with Crippen LogP contribution < -0.4 is 5.32 Å². The highest BCUT2D eigenvalue weighted by Gasteiger charge is 1.96. The van der Waals surface area contributed by atoms with Crippen molar-refractivity contribution in [3.05, 3.63) is 36.0 Å². The summed E-state index contributed by atoms with van der Waals surface area (Å²) in [6.07, 6.45) is 2.59. The molecule has 66 valence electrons. The van der Waals surface area contributed by atoms with Gasteiger partial charge in [-0.1, -0.05) is 30.4 Å². The van der Waals surface area contributed by atoms with Crippen LogP contribution in [-0.4, -0.2) is 13.0 Å². The van der Waals surface area contributed by atoms with Gasteiger partial charge in [-0.3, -0.25) is 4.79 Å². The third kappa shape index (κ3) is 4.50.